The molecule has 3 heteroatoms. The zero-order chi connectivity index (χ0) is 11.7. The molecule has 0 spiro atoms. The standard InChI is InChI=1S/C12H24NO2/c1-6-7-15-10-8-11(2,3)13(14)12(4,5)9-10/h10H,6-9H2,1-5H3/q-1. The van der Waals surface area contributed by atoms with Crippen LogP contribution in [-0.4, -0.2) is 28.9 Å². The van der Waals surface area contributed by atoms with E-state index in [1.165, 1.54) is 5.06 Å². The molecule has 3 nitrogen and oxygen atoms in total. The van der Waals surface area contributed by atoms with Crippen molar-refractivity contribution in [3.8, 4) is 0 Å². The summed E-state index contributed by atoms with van der Waals surface area (Å²) in [4.78, 5) is 0. The molecular weight excluding hydrogens is 190 g/mol. The van der Waals surface area contributed by atoms with Gasteiger partial charge in [0.2, 0.25) is 0 Å². The van der Waals surface area contributed by atoms with Gasteiger partial charge in [-0.25, -0.2) is 0 Å². The number of hydrogen-bond donors (Lipinski definition) is 0. The van der Waals surface area contributed by atoms with Crippen molar-refractivity contribution >= 4 is 0 Å². The van der Waals surface area contributed by atoms with Crippen LogP contribution >= 0.6 is 0 Å². The van der Waals surface area contributed by atoms with E-state index in [1.54, 1.807) is 0 Å². The first-order valence-electron chi connectivity index (χ1n) is 5.88. The van der Waals surface area contributed by atoms with Crippen LogP contribution in [0.4, 0.5) is 0 Å². The molecule has 90 valence electrons. The Morgan fingerprint density at radius 1 is 1.20 bits per heavy atom. The van der Waals surface area contributed by atoms with Gasteiger partial charge in [-0.15, -0.1) is 0 Å². The molecule has 0 aromatic carbocycles. The third-order valence-corrected chi connectivity index (χ3v) is 3.11. The van der Waals surface area contributed by atoms with E-state index < -0.39 is 0 Å². The lowest BCUT2D eigenvalue weighted by Crippen LogP contribution is -2.59. The van der Waals surface area contributed by atoms with Crippen molar-refractivity contribution in [2.75, 3.05) is 6.61 Å². The van der Waals surface area contributed by atoms with Gasteiger partial charge in [0.15, 0.2) is 0 Å². The van der Waals surface area contributed by atoms with Crippen molar-refractivity contribution in [2.24, 2.45) is 0 Å². The number of piperidine rings is 1. The highest BCUT2D eigenvalue weighted by Crippen LogP contribution is 2.38. The summed E-state index contributed by atoms with van der Waals surface area (Å²) in [6.45, 7) is 10.9. The van der Waals surface area contributed by atoms with Crippen molar-refractivity contribution in [1.29, 1.82) is 0 Å². The van der Waals surface area contributed by atoms with Gasteiger partial charge in [-0.05, 0) is 47.0 Å². The fraction of sp³-hybridized carbons (Fsp3) is 1.00. The monoisotopic (exact) mass is 214 g/mol. The molecule has 0 atom stereocenters. The lowest BCUT2D eigenvalue weighted by molar-refractivity contribution is -0.0806. The second-order valence-corrected chi connectivity index (χ2v) is 5.82. The molecule has 0 bridgehead atoms. The Morgan fingerprint density at radius 3 is 2.07 bits per heavy atom. The first-order valence-corrected chi connectivity index (χ1v) is 5.88. The molecule has 0 N–H and O–H groups in total. The topological polar surface area (TPSA) is 35.5 Å². The average Bonchev–Trinajstić information content (AvgIpc) is 2.10. The van der Waals surface area contributed by atoms with Gasteiger partial charge < -0.3 is 15.0 Å². The van der Waals surface area contributed by atoms with E-state index in [0.717, 1.165) is 25.9 Å². The van der Waals surface area contributed by atoms with Gasteiger partial charge in [0.1, 0.15) is 0 Å². The Kier molecular flexibility index (Phi) is 3.80. The lowest BCUT2D eigenvalue weighted by Gasteiger charge is -2.59. The maximum absolute atomic E-state index is 12.0. The van der Waals surface area contributed by atoms with Gasteiger partial charge in [0, 0.05) is 17.7 Å². The van der Waals surface area contributed by atoms with E-state index in [-0.39, 0.29) is 17.2 Å². The minimum Gasteiger partial charge on any atom is -0.784 e. The molecular formula is C12H24NO2-. The molecule has 1 fully saturated rings. The molecule has 1 aliphatic heterocycles. The van der Waals surface area contributed by atoms with Gasteiger partial charge in [-0.3, -0.25) is 0 Å². The van der Waals surface area contributed by atoms with Crippen LogP contribution in [0.15, 0.2) is 0 Å². The molecule has 15 heavy (non-hydrogen) atoms. The predicted octanol–water partition coefficient (Wildman–Crippen LogP) is 2.93. The fourth-order valence-corrected chi connectivity index (χ4v) is 2.57. The van der Waals surface area contributed by atoms with Crippen molar-refractivity contribution in [1.82, 2.24) is 5.06 Å². The number of rotatable bonds is 3. The molecule has 0 aromatic heterocycles. The van der Waals surface area contributed by atoms with Crippen LogP contribution in [0.3, 0.4) is 0 Å². The van der Waals surface area contributed by atoms with Crippen molar-refractivity contribution in [3.63, 3.8) is 0 Å². The highest BCUT2D eigenvalue weighted by Gasteiger charge is 2.40. The Bertz CT molecular complexity index is 196. The van der Waals surface area contributed by atoms with Crippen LogP contribution in [0.5, 0.6) is 0 Å². The van der Waals surface area contributed by atoms with Crippen LogP contribution in [0, 0.1) is 5.21 Å². The molecule has 0 amide bonds. The van der Waals surface area contributed by atoms with E-state index in [4.69, 9.17) is 4.74 Å². The van der Waals surface area contributed by atoms with E-state index >= 15 is 0 Å². The van der Waals surface area contributed by atoms with Crippen molar-refractivity contribution < 1.29 is 4.74 Å². The number of hydroxylamine groups is 2. The van der Waals surface area contributed by atoms with Crippen molar-refractivity contribution in [3.05, 3.63) is 5.21 Å². The first-order chi connectivity index (χ1) is 6.79. The molecule has 1 heterocycles. The van der Waals surface area contributed by atoms with Gasteiger partial charge >= 0.3 is 0 Å². The summed E-state index contributed by atoms with van der Waals surface area (Å²) in [6, 6.07) is 0. The molecule has 0 saturated carbocycles. The summed E-state index contributed by atoms with van der Waals surface area (Å²) in [6.07, 6.45) is 2.94. The molecule has 0 radical (unpaired) electrons. The number of nitrogens with zero attached hydrogens (tertiary/aromatic N) is 1. The smallest absolute Gasteiger partial charge is 0.0609 e. The van der Waals surface area contributed by atoms with E-state index in [9.17, 15) is 5.21 Å². The fourth-order valence-electron chi connectivity index (χ4n) is 2.57. The molecule has 0 unspecified atom stereocenters. The first kappa shape index (κ1) is 12.9. The highest BCUT2D eigenvalue weighted by molar-refractivity contribution is 5.00. The van der Waals surface area contributed by atoms with Gasteiger partial charge in [0.25, 0.3) is 0 Å². The Morgan fingerprint density at radius 2 is 1.67 bits per heavy atom. The maximum atomic E-state index is 12.0. The van der Waals surface area contributed by atoms with Crippen LogP contribution in [0.25, 0.3) is 0 Å². The van der Waals surface area contributed by atoms with Gasteiger partial charge in [-0.1, -0.05) is 6.92 Å². The second kappa shape index (κ2) is 4.40. The van der Waals surface area contributed by atoms with E-state index in [2.05, 4.69) is 6.92 Å². The molecule has 0 aromatic rings. The van der Waals surface area contributed by atoms with Gasteiger partial charge in [-0.2, -0.15) is 0 Å². The summed E-state index contributed by atoms with van der Waals surface area (Å²) in [5.74, 6) is 0. The van der Waals surface area contributed by atoms with Gasteiger partial charge in [0.05, 0.1) is 6.10 Å². The Hall–Kier alpha value is -0.120. The molecule has 0 aliphatic carbocycles. The number of hydrogen-bond acceptors (Lipinski definition) is 3. The summed E-state index contributed by atoms with van der Waals surface area (Å²) in [5.41, 5.74) is -0.611. The largest absolute Gasteiger partial charge is 0.784 e. The van der Waals surface area contributed by atoms with E-state index in [0.29, 0.717) is 0 Å². The third kappa shape index (κ3) is 2.92. The average molecular weight is 214 g/mol. The summed E-state index contributed by atoms with van der Waals surface area (Å²) < 4.78 is 5.79. The quantitative estimate of drug-likeness (QED) is 0.724. The van der Waals surface area contributed by atoms with E-state index in [1.807, 2.05) is 27.7 Å². The third-order valence-electron chi connectivity index (χ3n) is 3.11. The zero-order valence-corrected chi connectivity index (χ0v) is 10.7. The SMILES string of the molecule is CCCOC1CC(C)(C)N([O-])C(C)(C)C1. The Balaban J connectivity index is 2.66. The second-order valence-electron chi connectivity index (χ2n) is 5.82. The predicted molar refractivity (Wildman–Crippen MR) is 62.6 cm³/mol. The zero-order valence-electron chi connectivity index (χ0n) is 10.7. The lowest BCUT2D eigenvalue weighted by atomic mass is 9.80. The number of ether oxygens (including phenoxy) is 1. The molecule has 1 aliphatic rings. The van der Waals surface area contributed by atoms with Crippen molar-refractivity contribution in [2.45, 2.75) is 71.1 Å². The molecule has 1 saturated heterocycles. The summed E-state index contributed by atoms with van der Waals surface area (Å²) >= 11 is 0. The van der Waals surface area contributed by atoms with Crippen LogP contribution < -0.4 is 0 Å². The maximum Gasteiger partial charge on any atom is 0.0609 e. The normalized spacial score (nSPS) is 26.8. The highest BCUT2D eigenvalue weighted by atomic mass is 16.5. The minimum absolute atomic E-state index is 0.236. The van der Waals surface area contributed by atoms with Crippen LogP contribution in [-0.2, 0) is 4.74 Å². The Labute approximate surface area is 93.4 Å². The minimum atomic E-state index is -0.305. The molecule has 1 rings (SSSR count). The van der Waals surface area contributed by atoms with Crippen LogP contribution in [0.2, 0.25) is 0 Å². The van der Waals surface area contributed by atoms with Crippen LogP contribution in [0.1, 0.15) is 53.9 Å². The summed E-state index contributed by atoms with van der Waals surface area (Å²) in [7, 11) is 0. The summed E-state index contributed by atoms with van der Waals surface area (Å²) in [5, 5.41) is 13.3.